The SMILES string of the molecule is O=S(=O)(CCCc1ccccc1)NCCc1cccc(Cl)c1. The molecule has 118 valence electrons. The smallest absolute Gasteiger partial charge is 0.211 e. The lowest BCUT2D eigenvalue weighted by Gasteiger charge is -2.07. The van der Waals surface area contributed by atoms with Crippen molar-refractivity contribution in [3.05, 3.63) is 70.7 Å². The van der Waals surface area contributed by atoms with Crippen LogP contribution in [0.5, 0.6) is 0 Å². The molecule has 0 atom stereocenters. The second-order valence-electron chi connectivity index (χ2n) is 5.18. The predicted molar refractivity (Wildman–Crippen MR) is 91.7 cm³/mol. The van der Waals surface area contributed by atoms with Gasteiger partial charge in [0.1, 0.15) is 0 Å². The monoisotopic (exact) mass is 337 g/mol. The number of hydrogen-bond acceptors (Lipinski definition) is 2. The van der Waals surface area contributed by atoms with Crippen molar-refractivity contribution in [3.8, 4) is 0 Å². The van der Waals surface area contributed by atoms with Crippen LogP contribution >= 0.6 is 11.6 Å². The molecule has 22 heavy (non-hydrogen) atoms. The zero-order valence-electron chi connectivity index (χ0n) is 12.3. The summed E-state index contributed by atoms with van der Waals surface area (Å²) >= 11 is 5.90. The molecular weight excluding hydrogens is 318 g/mol. The molecule has 0 saturated carbocycles. The second kappa shape index (κ2) is 8.32. The van der Waals surface area contributed by atoms with E-state index in [0.717, 1.165) is 17.5 Å². The summed E-state index contributed by atoms with van der Waals surface area (Å²) in [5, 5.41) is 0.670. The van der Waals surface area contributed by atoms with Gasteiger partial charge in [-0.15, -0.1) is 0 Å². The van der Waals surface area contributed by atoms with Gasteiger partial charge in [0.05, 0.1) is 5.75 Å². The highest BCUT2D eigenvalue weighted by Crippen LogP contribution is 2.11. The summed E-state index contributed by atoms with van der Waals surface area (Å²) < 4.78 is 26.5. The highest BCUT2D eigenvalue weighted by molar-refractivity contribution is 7.89. The maximum absolute atomic E-state index is 11.9. The Labute approximate surface area is 137 Å². The average Bonchev–Trinajstić information content (AvgIpc) is 2.48. The molecule has 0 aliphatic heterocycles. The zero-order chi connectivity index (χ0) is 15.8. The summed E-state index contributed by atoms with van der Waals surface area (Å²) in [6.45, 7) is 0.397. The van der Waals surface area contributed by atoms with Gasteiger partial charge in [0, 0.05) is 11.6 Å². The van der Waals surface area contributed by atoms with E-state index in [4.69, 9.17) is 11.6 Å². The molecule has 2 rings (SSSR count). The van der Waals surface area contributed by atoms with Crippen LogP contribution in [0.1, 0.15) is 17.5 Å². The Morgan fingerprint density at radius 1 is 0.909 bits per heavy atom. The van der Waals surface area contributed by atoms with Gasteiger partial charge in [-0.3, -0.25) is 0 Å². The maximum atomic E-state index is 11.9. The van der Waals surface area contributed by atoms with Crippen LogP contribution in [0.3, 0.4) is 0 Å². The molecule has 0 heterocycles. The highest BCUT2D eigenvalue weighted by atomic mass is 35.5. The first-order valence-corrected chi connectivity index (χ1v) is 9.34. The summed E-state index contributed by atoms with van der Waals surface area (Å²) in [5.41, 5.74) is 2.19. The average molecular weight is 338 g/mol. The Bertz CT molecular complexity index is 687. The largest absolute Gasteiger partial charge is 0.215 e. The first-order valence-electron chi connectivity index (χ1n) is 7.31. The van der Waals surface area contributed by atoms with E-state index in [9.17, 15) is 8.42 Å². The van der Waals surface area contributed by atoms with Gasteiger partial charge in [0.2, 0.25) is 10.0 Å². The molecule has 0 aliphatic rings. The van der Waals surface area contributed by atoms with E-state index in [2.05, 4.69) is 4.72 Å². The Morgan fingerprint density at radius 3 is 2.36 bits per heavy atom. The van der Waals surface area contributed by atoms with Crippen LogP contribution in [0.15, 0.2) is 54.6 Å². The van der Waals surface area contributed by atoms with Gasteiger partial charge >= 0.3 is 0 Å². The van der Waals surface area contributed by atoms with Crippen molar-refractivity contribution in [2.75, 3.05) is 12.3 Å². The van der Waals surface area contributed by atoms with Gasteiger partial charge in [0.25, 0.3) is 0 Å². The molecule has 0 bridgehead atoms. The number of nitrogens with one attached hydrogen (secondary N) is 1. The summed E-state index contributed by atoms with van der Waals surface area (Å²) in [6, 6.07) is 17.4. The van der Waals surface area contributed by atoms with E-state index >= 15 is 0 Å². The van der Waals surface area contributed by atoms with Crippen molar-refractivity contribution in [3.63, 3.8) is 0 Å². The topological polar surface area (TPSA) is 46.2 Å². The lowest BCUT2D eigenvalue weighted by atomic mass is 10.1. The summed E-state index contributed by atoms with van der Waals surface area (Å²) in [7, 11) is -3.21. The molecule has 0 amide bonds. The molecule has 3 nitrogen and oxygen atoms in total. The molecule has 2 aromatic rings. The van der Waals surface area contributed by atoms with Gasteiger partial charge < -0.3 is 0 Å². The number of rotatable bonds is 8. The van der Waals surface area contributed by atoms with Gasteiger partial charge in [-0.05, 0) is 42.5 Å². The van der Waals surface area contributed by atoms with Crippen LogP contribution < -0.4 is 4.72 Å². The lowest BCUT2D eigenvalue weighted by Crippen LogP contribution is -2.28. The third-order valence-corrected chi connectivity index (χ3v) is 5.05. The third kappa shape index (κ3) is 6.18. The fraction of sp³-hybridized carbons (Fsp3) is 0.294. The van der Waals surface area contributed by atoms with Crippen molar-refractivity contribution in [2.24, 2.45) is 0 Å². The van der Waals surface area contributed by atoms with Crippen LogP contribution in [0.4, 0.5) is 0 Å². The van der Waals surface area contributed by atoms with E-state index in [1.807, 2.05) is 48.5 Å². The molecule has 0 saturated heterocycles. The van der Waals surface area contributed by atoms with Crippen molar-refractivity contribution < 1.29 is 8.42 Å². The minimum Gasteiger partial charge on any atom is -0.215 e. The van der Waals surface area contributed by atoms with Crippen LogP contribution in [0.25, 0.3) is 0 Å². The van der Waals surface area contributed by atoms with E-state index < -0.39 is 10.0 Å². The fourth-order valence-electron chi connectivity index (χ4n) is 2.23. The van der Waals surface area contributed by atoms with Crippen molar-refractivity contribution in [2.45, 2.75) is 19.3 Å². The van der Waals surface area contributed by atoms with Crippen molar-refractivity contribution in [1.82, 2.24) is 4.72 Å². The minimum atomic E-state index is -3.21. The van der Waals surface area contributed by atoms with Gasteiger partial charge in [-0.25, -0.2) is 13.1 Å². The van der Waals surface area contributed by atoms with Crippen molar-refractivity contribution >= 4 is 21.6 Å². The van der Waals surface area contributed by atoms with E-state index in [1.54, 1.807) is 6.07 Å². The number of halogens is 1. The second-order valence-corrected chi connectivity index (χ2v) is 7.55. The summed E-state index contributed by atoms with van der Waals surface area (Å²) in [4.78, 5) is 0. The predicted octanol–water partition coefficient (Wildman–Crippen LogP) is 3.43. The van der Waals surface area contributed by atoms with Crippen molar-refractivity contribution in [1.29, 1.82) is 0 Å². The van der Waals surface area contributed by atoms with Crippen LogP contribution in [0.2, 0.25) is 5.02 Å². The molecule has 0 aliphatic carbocycles. The number of aryl methyl sites for hydroxylation is 1. The third-order valence-electron chi connectivity index (χ3n) is 3.35. The lowest BCUT2D eigenvalue weighted by molar-refractivity contribution is 0.579. The molecule has 0 aromatic heterocycles. The molecule has 0 fully saturated rings. The van der Waals surface area contributed by atoms with E-state index in [1.165, 1.54) is 0 Å². The molecule has 0 unspecified atom stereocenters. The molecule has 2 aromatic carbocycles. The Morgan fingerprint density at radius 2 is 1.64 bits per heavy atom. The molecule has 0 spiro atoms. The normalized spacial score (nSPS) is 11.5. The number of benzene rings is 2. The zero-order valence-corrected chi connectivity index (χ0v) is 13.9. The molecule has 1 N–H and O–H groups in total. The van der Waals surface area contributed by atoms with E-state index in [-0.39, 0.29) is 5.75 Å². The van der Waals surface area contributed by atoms with E-state index in [0.29, 0.717) is 24.4 Å². The minimum absolute atomic E-state index is 0.150. The Kier molecular flexibility index (Phi) is 6.43. The summed E-state index contributed by atoms with van der Waals surface area (Å²) in [6.07, 6.45) is 2.03. The van der Waals surface area contributed by atoms with Crippen LogP contribution in [0, 0.1) is 0 Å². The molecule has 5 heteroatoms. The standard InChI is InChI=1S/C17H20ClNO2S/c18-17-10-4-8-16(14-17)11-12-19-22(20,21)13-5-9-15-6-2-1-3-7-15/h1-4,6-8,10,14,19H,5,9,11-13H2. The Hall–Kier alpha value is -1.36. The van der Waals surface area contributed by atoms with Gasteiger partial charge in [-0.1, -0.05) is 54.1 Å². The maximum Gasteiger partial charge on any atom is 0.211 e. The van der Waals surface area contributed by atoms with Crippen LogP contribution in [-0.4, -0.2) is 20.7 Å². The first-order chi connectivity index (χ1) is 10.6. The number of sulfonamides is 1. The first kappa shape index (κ1) is 17.0. The van der Waals surface area contributed by atoms with Gasteiger partial charge in [-0.2, -0.15) is 0 Å². The van der Waals surface area contributed by atoms with Crippen LogP contribution in [-0.2, 0) is 22.9 Å². The van der Waals surface area contributed by atoms with Gasteiger partial charge in [0.15, 0.2) is 0 Å². The summed E-state index contributed by atoms with van der Waals surface area (Å²) in [5.74, 6) is 0.150. The fourth-order valence-corrected chi connectivity index (χ4v) is 3.52. The molecule has 0 radical (unpaired) electrons. The number of hydrogen-bond donors (Lipinski definition) is 1. The Balaban J connectivity index is 1.72. The highest BCUT2D eigenvalue weighted by Gasteiger charge is 2.09. The molecular formula is C17H20ClNO2S. The quantitative estimate of drug-likeness (QED) is 0.802.